The molecule has 4 rings (SSSR count). The lowest BCUT2D eigenvalue weighted by atomic mass is 9.93. The Morgan fingerprint density at radius 3 is 2.58 bits per heavy atom. The normalized spacial score (nSPS) is 18.2. The van der Waals surface area contributed by atoms with Crippen LogP contribution in [-0.2, 0) is 9.53 Å². The van der Waals surface area contributed by atoms with Crippen LogP contribution >= 0.6 is 0 Å². The van der Waals surface area contributed by atoms with Crippen molar-refractivity contribution in [2.45, 2.75) is 26.3 Å². The van der Waals surface area contributed by atoms with Crippen LogP contribution in [0.15, 0.2) is 72.5 Å². The minimum Gasteiger partial charge on any atom is -0.497 e. The molecular formula is C31H38N4O5. The summed E-state index contributed by atoms with van der Waals surface area (Å²) in [4.78, 5) is 45.6. The van der Waals surface area contributed by atoms with Crippen molar-refractivity contribution in [2.75, 3.05) is 53.0 Å². The number of nitrogens with one attached hydrogen (secondary N) is 1. The third-order valence-corrected chi connectivity index (χ3v) is 7.22. The van der Waals surface area contributed by atoms with E-state index in [4.69, 9.17) is 9.47 Å². The van der Waals surface area contributed by atoms with Gasteiger partial charge in [0.2, 0.25) is 0 Å². The summed E-state index contributed by atoms with van der Waals surface area (Å²) < 4.78 is 10.8. The number of amides is 3. The zero-order chi connectivity index (χ0) is 28.6. The molecule has 1 atom stereocenters. The van der Waals surface area contributed by atoms with Crippen molar-refractivity contribution in [3.05, 3.63) is 89.1 Å². The van der Waals surface area contributed by atoms with E-state index in [-0.39, 0.29) is 25.1 Å². The molecule has 1 unspecified atom stereocenters. The molecule has 9 heteroatoms. The Labute approximate surface area is 236 Å². The molecule has 0 saturated carbocycles. The molecule has 40 heavy (non-hydrogen) atoms. The number of hydrogen-bond acceptors (Lipinski definition) is 6. The van der Waals surface area contributed by atoms with Crippen LogP contribution in [0.2, 0.25) is 0 Å². The molecule has 2 heterocycles. The van der Waals surface area contributed by atoms with Crippen molar-refractivity contribution < 1.29 is 23.9 Å². The number of carbonyl (C=O) groups excluding carboxylic acids is 3. The molecule has 0 spiro atoms. The first-order valence-corrected chi connectivity index (χ1v) is 13.7. The number of urea groups is 1. The Hall–Kier alpha value is -4.11. The minimum atomic E-state index is -0.638. The molecule has 2 aromatic carbocycles. The van der Waals surface area contributed by atoms with Gasteiger partial charge in [-0.1, -0.05) is 42.0 Å². The highest BCUT2D eigenvalue weighted by molar-refractivity contribution is 5.95. The maximum atomic E-state index is 13.4. The predicted octanol–water partition coefficient (Wildman–Crippen LogP) is 3.92. The van der Waals surface area contributed by atoms with Crippen LogP contribution in [0.1, 0.15) is 40.9 Å². The van der Waals surface area contributed by atoms with Gasteiger partial charge < -0.3 is 19.7 Å². The lowest BCUT2D eigenvalue weighted by Crippen LogP contribution is -2.51. The van der Waals surface area contributed by atoms with Gasteiger partial charge >= 0.3 is 12.0 Å². The molecule has 1 saturated heterocycles. The average Bonchev–Trinajstić information content (AvgIpc) is 3.20. The maximum Gasteiger partial charge on any atom is 0.338 e. The second kappa shape index (κ2) is 13.3. The van der Waals surface area contributed by atoms with E-state index in [1.54, 1.807) is 37.1 Å². The van der Waals surface area contributed by atoms with Crippen molar-refractivity contribution >= 4 is 17.9 Å². The van der Waals surface area contributed by atoms with Gasteiger partial charge in [0.1, 0.15) is 5.75 Å². The molecule has 9 nitrogen and oxygen atoms in total. The first-order chi connectivity index (χ1) is 19.4. The Morgan fingerprint density at radius 1 is 1.10 bits per heavy atom. The van der Waals surface area contributed by atoms with Gasteiger partial charge in [0, 0.05) is 50.5 Å². The van der Waals surface area contributed by atoms with E-state index in [1.165, 1.54) is 0 Å². The Kier molecular flexibility index (Phi) is 9.60. The minimum absolute atomic E-state index is 0.0445. The van der Waals surface area contributed by atoms with Gasteiger partial charge in [-0.15, -0.1) is 6.58 Å². The largest absolute Gasteiger partial charge is 0.497 e. The number of esters is 1. The highest BCUT2D eigenvalue weighted by Crippen LogP contribution is 2.32. The SMILES string of the molecule is C=CCN1C(=O)NC(c2ccc(C)cc2)C(C(=O)OCC)=C1CN1CCCN(C(=O)c2cccc(OC)c2)CC1. The molecule has 1 fully saturated rings. The van der Waals surface area contributed by atoms with Gasteiger partial charge in [0.25, 0.3) is 5.91 Å². The highest BCUT2D eigenvalue weighted by Gasteiger charge is 2.38. The van der Waals surface area contributed by atoms with Gasteiger partial charge in [-0.3, -0.25) is 14.6 Å². The van der Waals surface area contributed by atoms with E-state index < -0.39 is 12.0 Å². The summed E-state index contributed by atoms with van der Waals surface area (Å²) in [6.45, 7) is 10.8. The van der Waals surface area contributed by atoms with Crippen LogP contribution in [0.25, 0.3) is 0 Å². The van der Waals surface area contributed by atoms with Crippen LogP contribution in [0.4, 0.5) is 4.79 Å². The fraction of sp³-hybridized carbons (Fsp3) is 0.387. The quantitative estimate of drug-likeness (QED) is 0.379. The first kappa shape index (κ1) is 28.9. The molecule has 0 bridgehead atoms. The molecule has 2 aliphatic heterocycles. The Morgan fingerprint density at radius 2 is 1.88 bits per heavy atom. The molecular weight excluding hydrogens is 508 g/mol. The summed E-state index contributed by atoms with van der Waals surface area (Å²) in [5.74, 6) is 0.139. The molecule has 2 aliphatic rings. The monoisotopic (exact) mass is 546 g/mol. The Balaban J connectivity index is 1.63. The van der Waals surface area contributed by atoms with Gasteiger partial charge in [-0.2, -0.15) is 0 Å². The Bertz CT molecular complexity index is 1270. The molecule has 212 valence electrons. The number of ether oxygens (including phenoxy) is 2. The van der Waals surface area contributed by atoms with E-state index >= 15 is 0 Å². The summed E-state index contributed by atoms with van der Waals surface area (Å²) >= 11 is 0. The van der Waals surface area contributed by atoms with E-state index in [9.17, 15) is 14.4 Å². The lowest BCUT2D eigenvalue weighted by Gasteiger charge is -2.38. The molecule has 0 aliphatic carbocycles. The van der Waals surface area contributed by atoms with E-state index in [1.807, 2.05) is 48.2 Å². The molecule has 1 N–H and O–H groups in total. The average molecular weight is 547 g/mol. The van der Waals surface area contributed by atoms with Crippen LogP contribution in [-0.4, -0.2) is 85.6 Å². The fourth-order valence-electron chi connectivity index (χ4n) is 5.14. The number of carbonyl (C=O) groups is 3. The predicted molar refractivity (Wildman–Crippen MR) is 153 cm³/mol. The number of nitrogens with zero attached hydrogens (tertiary/aromatic N) is 3. The summed E-state index contributed by atoms with van der Waals surface area (Å²) in [7, 11) is 1.58. The summed E-state index contributed by atoms with van der Waals surface area (Å²) in [5.41, 5.74) is 3.49. The fourth-order valence-corrected chi connectivity index (χ4v) is 5.14. The molecule has 3 amide bonds. The van der Waals surface area contributed by atoms with Gasteiger partial charge in [0.05, 0.1) is 25.3 Å². The van der Waals surface area contributed by atoms with Gasteiger partial charge in [-0.05, 0) is 44.0 Å². The van der Waals surface area contributed by atoms with Crippen molar-refractivity contribution in [1.29, 1.82) is 0 Å². The molecule has 0 radical (unpaired) electrons. The van der Waals surface area contributed by atoms with Gasteiger partial charge in [0.15, 0.2) is 0 Å². The van der Waals surface area contributed by atoms with Crippen molar-refractivity contribution in [3.63, 3.8) is 0 Å². The number of aryl methyl sites for hydroxylation is 1. The topological polar surface area (TPSA) is 91.4 Å². The third kappa shape index (κ3) is 6.54. The number of benzene rings is 2. The number of hydrogen-bond donors (Lipinski definition) is 1. The van der Waals surface area contributed by atoms with Crippen LogP contribution in [0.5, 0.6) is 5.75 Å². The smallest absolute Gasteiger partial charge is 0.338 e. The third-order valence-electron chi connectivity index (χ3n) is 7.22. The van der Waals surface area contributed by atoms with Crippen molar-refractivity contribution in [1.82, 2.24) is 20.0 Å². The van der Waals surface area contributed by atoms with E-state index in [0.29, 0.717) is 55.3 Å². The highest BCUT2D eigenvalue weighted by atomic mass is 16.5. The van der Waals surface area contributed by atoms with Crippen LogP contribution in [0, 0.1) is 6.92 Å². The van der Waals surface area contributed by atoms with Crippen LogP contribution in [0.3, 0.4) is 0 Å². The lowest BCUT2D eigenvalue weighted by molar-refractivity contribution is -0.139. The van der Waals surface area contributed by atoms with E-state index in [2.05, 4.69) is 16.8 Å². The zero-order valence-electron chi connectivity index (χ0n) is 23.5. The zero-order valence-corrected chi connectivity index (χ0v) is 23.5. The molecule has 2 aromatic rings. The number of methoxy groups -OCH3 is 1. The van der Waals surface area contributed by atoms with Gasteiger partial charge in [-0.25, -0.2) is 9.59 Å². The first-order valence-electron chi connectivity index (χ1n) is 13.7. The second-order valence-corrected chi connectivity index (χ2v) is 9.93. The number of rotatable bonds is 9. The summed E-state index contributed by atoms with van der Waals surface area (Å²) in [5, 5.41) is 3.00. The summed E-state index contributed by atoms with van der Waals surface area (Å²) in [6, 6.07) is 14.0. The second-order valence-electron chi connectivity index (χ2n) is 9.93. The summed E-state index contributed by atoms with van der Waals surface area (Å²) in [6.07, 6.45) is 2.40. The maximum absolute atomic E-state index is 13.4. The van der Waals surface area contributed by atoms with Crippen LogP contribution < -0.4 is 10.1 Å². The van der Waals surface area contributed by atoms with Crippen molar-refractivity contribution in [2.24, 2.45) is 0 Å². The molecule has 0 aromatic heterocycles. The van der Waals surface area contributed by atoms with E-state index in [0.717, 1.165) is 17.5 Å². The standard InChI is InChI=1S/C31H38N4O5/c1-5-15-35-26(27(30(37)40-6-2)28(32-31(35)38)23-13-11-22(3)12-14-23)21-33-16-8-17-34(19-18-33)29(36)24-9-7-10-25(20-24)39-4/h5,7,9-14,20,28H,1,6,8,15-19,21H2,2-4H3,(H,32,38). The van der Waals surface area contributed by atoms with Crippen molar-refractivity contribution in [3.8, 4) is 5.75 Å².